The summed E-state index contributed by atoms with van der Waals surface area (Å²) in [6, 6.07) is 0. The van der Waals surface area contributed by atoms with Crippen LogP contribution in [0, 0.1) is 0 Å². The van der Waals surface area contributed by atoms with Crippen molar-refractivity contribution in [1.29, 1.82) is 0 Å². The fraction of sp³-hybridized carbons (Fsp3) is 1.00. The maximum Gasteiger partial charge on any atom is 2.00 e. The topological polar surface area (TPSA) is 26.0 Å². The molecule has 0 radical (unpaired) electrons. The summed E-state index contributed by atoms with van der Waals surface area (Å²) in [4.78, 5) is 0. The smallest absolute Gasteiger partial charge is 1.00 e. The van der Waals surface area contributed by atoms with Crippen molar-refractivity contribution in [3.63, 3.8) is 0 Å². The normalized spacial score (nSPS) is 7.33. The van der Waals surface area contributed by atoms with Crippen LogP contribution >= 0.6 is 0 Å². The van der Waals surface area contributed by atoms with Crippen LogP contribution in [0.1, 0.15) is 14.8 Å². The maximum atomic E-state index is 5.03. The first-order valence-corrected chi connectivity index (χ1v) is 6.12. The molecule has 0 atom stereocenters. The molecule has 9 heavy (non-hydrogen) atoms. The Morgan fingerprint density at radius 1 is 1.33 bits per heavy atom. The van der Waals surface area contributed by atoms with Crippen molar-refractivity contribution in [1.82, 2.24) is 0 Å². The summed E-state index contributed by atoms with van der Waals surface area (Å²) in [5.41, 5.74) is 5.03. The predicted molar refractivity (Wildman–Crippen MR) is 49.6 cm³/mol. The summed E-state index contributed by atoms with van der Waals surface area (Å²) in [6.45, 7) is 9.68. The number of nitrogens with two attached hydrogens (primary N) is 1. The molecule has 0 saturated heterocycles. The third-order valence-electron chi connectivity index (χ3n) is 0.289. The first-order chi connectivity index (χ1) is 3.65. The molecule has 0 aliphatic heterocycles. The molecule has 0 unspecified atom stereocenters. The molecule has 0 aromatic carbocycles. The molecular weight excluding hydrogens is 138 g/mol. The van der Waals surface area contributed by atoms with Gasteiger partial charge in [0.1, 0.15) is 0 Å². The third kappa shape index (κ3) is 114. The van der Waals surface area contributed by atoms with E-state index >= 15 is 0 Å². The van der Waals surface area contributed by atoms with Crippen LogP contribution in [0.5, 0.6) is 0 Å². The summed E-state index contributed by atoms with van der Waals surface area (Å²) in [5, 5.41) is 0. The molecular formula is C6H19MgNSi. The van der Waals surface area contributed by atoms with Crippen LogP contribution in [0.3, 0.4) is 0 Å². The van der Waals surface area contributed by atoms with Crippen molar-refractivity contribution < 1.29 is 1.43 Å². The van der Waals surface area contributed by atoms with Crippen molar-refractivity contribution in [2.24, 2.45) is 5.73 Å². The second-order valence-corrected chi connectivity index (χ2v) is 5.29. The second kappa shape index (κ2) is 16.0. The van der Waals surface area contributed by atoms with Crippen LogP contribution < -0.4 is 5.73 Å². The van der Waals surface area contributed by atoms with Gasteiger partial charge >= 0.3 is 23.1 Å². The van der Waals surface area contributed by atoms with Gasteiger partial charge in [0.05, 0.1) is 0 Å². The molecule has 0 fully saturated rings. The van der Waals surface area contributed by atoms with E-state index in [1.165, 1.54) is 0 Å². The minimum atomic E-state index is 0. The standard InChI is InChI=1S/C3H9N.C3H9Si.Mg.H/c1-2-3-4;1-4(2)3;;/h2-4H2,1H3;1-3H3;;/q;-1;+2;-1. The van der Waals surface area contributed by atoms with Crippen LogP contribution in [0.2, 0.25) is 19.6 Å². The Kier molecular flexibility index (Phi) is 29.3. The molecule has 0 saturated carbocycles. The van der Waals surface area contributed by atoms with Crippen LogP contribution in [-0.4, -0.2) is 38.4 Å². The Labute approximate surface area is 78.6 Å². The predicted octanol–water partition coefficient (Wildman–Crippen LogP) is 1.46. The van der Waals surface area contributed by atoms with Crippen LogP contribution in [0.15, 0.2) is 0 Å². The Morgan fingerprint density at radius 3 is 1.44 bits per heavy atom. The van der Waals surface area contributed by atoms with Crippen molar-refractivity contribution in [3.05, 3.63) is 0 Å². The Bertz CT molecular complexity index is 34.2. The summed E-state index contributed by atoms with van der Waals surface area (Å²) >= 11 is 0. The van der Waals surface area contributed by atoms with Crippen molar-refractivity contribution in [3.8, 4) is 0 Å². The van der Waals surface area contributed by atoms with Gasteiger partial charge in [0.2, 0.25) is 0 Å². The second-order valence-electron chi connectivity index (χ2n) is 2.29. The van der Waals surface area contributed by atoms with Gasteiger partial charge in [-0.05, 0) is 13.0 Å². The minimum Gasteiger partial charge on any atom is -1.00 e. The zero-order chi connectivity index (χ0) is 6.99. The van der Waals surface area contributed by atoms with Crippen molar-refractivity contribution in [2.45, 2.75) is 33.0 Å². The quantitative estimate of drug-likeness (QED) is 0.573. The van der Waals surface area contributed by atoms with Crippen LogP contribution in [-0.2, 0) is 0 Å². The van der Waals surface area contributed by atoms with E-state index in [0.29, 0.717) is 0 Å². The average Bonchev–Trinajstić information content (AvgIpc) is 1.65. The summed E-state index contributed by atoms with van der Waals surface area (Å²) < 4.78 is 0. The van der Waals surface area contributed by atoms with E-state index in [1.807, 2.05) is 0 Å². The van der Waals surface area contributed by atoms with E-state index in [-0.39, 0.29) is 33.3 Å². The molecule has 0 bridgehead atoms. The summed E-state index contributed by atoms with van der Waals surface area (Å²) in [5.74, 6) is 0. The number of hydrogen-bond acceptors (Lipinski definition) is 1. The monoisotopic (exact) mass is 157 g/mol. The fourth-order valence-electron chi connectivity index (χ4n) is 0. The average molecular weight is 158 g/mol. The Balaban J connectivity index is -0.0000000300. The van der Waals surface area contributed by atoms with Crippen molar-refractivity contribution in [2.75, 3.05) is 6.54 Å². The van der Waals surface area contributed by atoms with Gasteiger partial charge in [0, 0.05) is 0 Å². The molecule has 0 heterocycles. The summed E-state index contributed by atoms with van der Waals surface area (Å²) in [7, 11) is 0.120. The largest absolute Gasteiger partial charge is 2.00 e. The molecule has 0 spiro atoms. The van der Waals surface area contributed by atoms with Gasteiger partial charge < -0.3 is 7.16 Å². The van der Waals surface area contributed by atoms with E-state index in [0.717, 1.165) is 13.0 Å². The zero-order valence-corrected chi connectivity index (χ0v) is 9.61. The van der Waals surface area contributed by atoms with E-state index in [2.05, 4.69) is 26.6 Å². The molecule has 0 amide bonds. The van der Waals surface area contributed by atoms with Gasteiger partial charge in [-0.25, -0.2) is 0 Å². The number of hydrogen-bond donors (Lipinski definition) is 1. The van der Waals surface area contributed by atoms with Gasteiger partial charge in [-0.2, -0.15) is 19.6 Å². The van der Waals surface area contributed by atoms with E-state index in [1.54, 1.807) is 0 Å². The summed E-state index contributed by atoms with van der Waals surface area (Å²) in [6.07, 6.45) is 1.10. The van der Waals surface area contributed by atoms with Gasteiger partial charge in [-0.15, -0.1) is 0 Å². The SMILES string of the molecule is CCCN.C[Si-](C)C.[H-].[Mg+2]. The van der Waals surface area contributed by atoms with Crippen molar-refractivity contribution >= 4 is 31.8 Å². The Morgan fingerprint density at radius 2 is 1.44 bits per heavy atom. The van der Waals surface area contributed by atoms with Crippen LogP contribution in [0.4, 0.5) is 0 Å². The van der Waals surface area contributed by atoms with Gasteiger partial charge in [0.15, 0.2) is 0 Å². The van der Waals surface area contributed by atoms with E-state index in [4.69, 9.17) is 5.73 Å². The molecule has 0 aliphatic rings. The van der Waals surface area contributed by atoms with Gasteiger partial charge in [-0.1, -0.05) is 6.92 Å². The molecule has 0 aliphatic carbocycles. The van der Waals surface area contributed by atoms with Gasteiger partial charge in [-0.3, -0.25) is 8.80 Å². The maximum absolute atomic E-state index is 5.03. The van der Waals surface area contributed by atoms with Crippen LogP contribution in [0.25, 0.3) is 0 Å². The molecule has 1 nitrogen and oxygen atoms in total. The van der Waals surface area contributed by atoms with Gasteiger partial charge in [0.25, 0.3) is 0 Å². The first-order valence-electron chi connectivity index (χ1n) is 3.12. The molecule has 54 valence electrons. The minimum absolute atomic E-state index is 0. The first kappa shape index (κ1) is 16.5. The molecule has 0 aromatic heterocycles. The number of rotatable bonds is 1. The molecule has 0 aromatic rings. The molecule has 3 heteroatoms. The molecule has 0 rings (SSSR count). The van der Waals surface area contributed by atoms with E-state index in [9.17, 15) is 0 Å². The fourth-order valence-corrected chi connectivity index (χ4v) is 0. The Hall–Kier alpha value is 0.943. The molecule has 2 N–H and O–H groups in total. The zero-order valence-electron chi connectivity index (χ0n) is 8.20. The van der Waals surface area contributed by atoms with E-state index < -0.39 is 0 Å². The third-order valence-corrected chi connectivity index (χ3v) is 0.289.